The van der Waals surface area contributed by atoms with E-state index in [0.29, 0.717) is 11.8 Å². The fraction of sp³-hybridized carbons (Fsp3) is 0.647. The second kappa shape index (κ2) is 7.17. The van der Waals surface area contributed by atoms with E-state index >= 15 is 0 Å². The van der Waals surface area contributed by atoms with Gasteiger partial charge in [-0.15, -0.1) is 0 Å². The quantitative estimate of drug-likeness (QED) is 0.787. The van der Waals surface area contributed by atoms with Crippen LogP contribution in [0.2, 0.25) is 0 Å². The molecule has 24 heavy (non-hydrogen) atoms. The van der Waals surface area contributed by atoms with Crippen molar-refractivity contribution in [2.75, 3.05) is 20.1 Å². The van der Waals surface area contributed by atoms with Gasteiger partial charge in [-0.25, -0.2) is 4.79 Å². The minimum absolute atomic E-state index is 0.0798. The van der Waals surface area contributed by atoms with E-state index in [9.17, 15) is 9.59 Å². The summed E-state index contributed by atoms with van der Waals surface area (Å²) in [5.74, 6) is 0.607. The Labute approximate surface area is 150 Å². The molecule has 2 aliphatic rings. The maximum absolute atomic E-state index is 12.3. The van der Waals surface area contributed by atoms with E-state index < -0.39 is 0 Å². The number of rotatable bonds is 3. The maximum Gasteiger partial charge on any atom is 0.319 e. The summed E-state index contributed by atoms with van der Waals surface area (Å²) in [6, 6.07) is 1.99. The van der Waals surface area contributed by atoms with Gasteiger partial charge in [0.15, 0.2) is 0 Å². The van der Waals surface area contributed by atoms with E-state index in [-0.39, 0.29) is 17.7 Å². The van der Waals surface area contributed by atoms with Crippen LogP contribution in [0.25, 0.3) is 0 Å². The van der Waals surface area contributed by atoms with Gasteiger partial charge >= 0.3 is 6.03 Å². The van der Waals surface area contributed by atoms with Crippen LogP contribution in [0.4, 0.5) is 4.79 Å². The molecule has 1 saturated heterocycles. The summed E-state index contributed by atoms with van der Waals surface area (Å²) in [7, 11) is 3.59. The Morgan fingerprint density at radius 2 is 1.83 bits per heavy atom. The molecule has 0 unspecified atom stereocenters. The Bertz CT molecular complexity index is 668. The van der Waals surface area contributed by atoms with Crippen molar-refractivity contribution in [3.05, 3.63) is 27.1 Å². The fourth-order valence-electron chi connectivity index (χ4n) is 3.55. The topological polar surface area (TPSA) is 54.8 Å². The second-order valence-corrected chi connectivity index (χ2v) is 7.59. The Morgan fingerprint density at radius 1 is 1.12 bits per heavy atom. The summed E-state index contributed by atoms with van der Waals surface area (Å²) in [4.78, 5) is 27.9. The van der Waals surface area contributed by atoms with Gasteiger partial charge in [0.05, 0.1) is 10.6 Å². The average Bonchev–Trinajstić information content (AvgIpc) is 2.56. The number of amides is 2. The number of aromatic nitrogens is 1. The molecule has 1 aromatic rings. The van der Waals surface area contributed by atoms with Gasteiger partial charge in [-0.3, -0.25) is 4.79 Å². The number of hydrogen-bond donors (Lipinski definition) is 0. The van der Waals surface area contributed by atoms with Gasteiger partial charge in [0, 0.05) is 45.5 Å². The maximum atomic E-state index is 12.3. The first-order valence-corrected chi connectivity index (χ1v) is 9.29. The first-order chi connectivity index (χ1) is 11.5. The number of nitrogens with zero attached hydrogens (tertiary/aromatic N) is 3. The Balaban J connectivity index is 1.58. The van der Waals surface area contributed by atoms with Crippen LogP contribution in [0.5, 0.6) is 5.75 Å². The number of halogens is 1. The van der Waals surface area contributed by atoms with Crippen LogP contribution in [-0.4, -0.2) is 52.7 Å². The van der Waals surface area contributed by atoms with Crippen molar-refractivity contribution in [3.63, 3.8) is 0 Å². The van der Waals surface area contributed by atoms with Crippen molar-refractivity contribution < 1.29 is 9.53 Å². The van der Waals surface area contributed by atoms with Gasteiger partial charge in [-0.05, 0) is 48.0 Å². The van der Waals surface area contributed by atoms with Crippen LogP contribution in [0.3, 0.4) is 0 Å². The first kappa shape index (κ1) is 17.3. The van der Waals surface area contributed by atoms with Crippen molar-refractivity contribution in [3.8, 4) is 5.75 Å². The zero-order valence-electron chi connectivity index (χ0n) is 14.2. The van der Waals surface area contributed by atoms with Crippen molar-refractivity contribution in [1.29, 1.82) is 0 Å². The summed E-state index contributed by atoms with van der Waals surface area (Å²) in [6.07, 6.45) is 6.58. The third-order valence-corrected chi connectivity index (χ3v) is 5.58. The number of pyridine rings is 1. The lowest BCUT2D eigenvalue weighted by atomic mass is 9.91. The Kier molecular flexibility index (Phi) is 5.18. The standard InChI is InChI=1S/C17H24BrN3O3/c1-19-8-3-9-21(17(19)23)12-4-6-13(7-5-12)24-15-10-16(22)20(2)11-14(15)18/h10-13H,3-9H2,1-2H3. The van der Waals surface area contributed by atoms with Crippen molar-refractivity contribution in [2.45, 2.75) is 44.2 Å². The number of carbonyl (C=O) groups is 1. The lowest BCUT2D eigenvalue weighted by Crippen LogP contribution is -2.53. The van der Waals surface area contributed by atoms with E-state index in [4.69, 9.17) is 4.74 Å². The summed E-state index contributed by atoms with van der Waals surface area (Å²) in [6.45, 7) is 1.71. The molecule has 3 rings (SSSR count). The molecule has 7 heteroatoms. The summed E-state index contributed by atoms with van der Waals surface area (Å²) in [5.41, 5.74) is -0.0798. The van der Waals surface area contributed by atoms with Crippen LogP contribution in [0.1, 0.15) is 32.1 Å². The minimum atomic E-state index is -0.0798. The van der Waals surface area contributed by atoms with Gasteiger partial charge in [0.25, 0.3) is 5.56 Å². The minimum Gasteiger partial charge on any atom is -0.489 e. The normalized spacial score (nSPS) is 25.0. The highest BCUT2D eigenvalue weighted by molar-refractivity contribution is 9.10. The number of carbonyl (C=O) groups excluding carboxylic acids is 1. The van der Waals surface area contributed by atoms with Gasteiger partial charge in [0.2, 0.25) is 0 Å². The molecular formula is C17H24BrN3O3. The lowest BCUT2D eigenvalue weighted by Gasteiger charge is -2.41. The molecule has 0 radical (unpaired) electrons. The van der Waals surface area contributed by atoms with Crippen LogP contribution in [0.15, 0.2) is 21.5 Å². The number of aryl methyl sites for hydroxylation is 1. The zero-order valence-corrected chi connectivity index (χ0v) is 15.8. The third-order valence-electron chi connectivity index (χ3n) is 4.99. The van der Waals surface area contributed by atoms with E-state index in [1.165, 1.54) is 10.6 Å². The molecule has 2 fully saturated rings. The van der Waals surface area contributed by atoms with Gasteiger partial charge in [-0.2, -0.15) is 0 Å². The molecule has 2 heterocycles. The van der Waals surface area contributed by atoms with Gasteiger partial charge in [0.1, 0.15) is 5.75 Å². The number of urea groups is 1. The SMILES string of the molecule is CN1CCCN(C2CCC(Oc3cc(=O)n(C)cc3Br)CC2)C1=O. The van der Waals surface area contributed by atoms with Gasteiger partial charge in [-0.1, -0.05) is 0 Å². The highest BCUT2D eigenvalue weighted by Crippen LogP contribution is 2.30. The molecular weight excluding hydrogens is 374 g/mol. The van der Waals surface area contributed by atoms with E-state index in [2.05, 4.69) is 15.9 Å². The molecule has 1 aliphatic heterocycles. The Hall–Kier alpha value is -1.50. The van der Waals surface area contributed by atoms with Crippen LogP contribution < -0.4 is 10.3 Å². The zero-order chi connectivity index (χ0) is 17.3. The predicted octanol–water partition coefficient (Wildman–Crippen LogP) is 2.60. The fourth-order valence-corrected chi connectivity index (χ4v) is 4.07. The van der Waals surface area contributed by atoms with E-state index in [0.717, 1.165) is 49.7 Å². The third kappa shape index (κ3) is 3.61. The lowest BCUT2D eigenvalue weighted by molar-refractivity contribution is 0.0744. The van der Waals surface area contributed by atoms with E-state index in [1.54, 1.807) is 13.2 Å². The largest absolute Gasteiger partial charge is 0.489 e. The monoisotopic (exact) mass is 397 g/mol. The molecule has 0 bridgehead atoms. The molecule has 1 saturated carbocycles. The van der Waals surface area contributed by atoms with Crippen molar-refractivity contribution in [1.82, 2.24) is 14.4 Å². The summed E-state index contributed by atoms with van der Waals surface area (Å²) in [5, 5.41) is 0. The predicted molar refractivity (Wildman–Crippen MR) is 95.4 cm³/mol. The summed E-state index contributed by atoms with van der Waals surface area (Å²) < 4.78 is 8.34. The molecule has 0 N–H and O–H groups in total. The molecule has 0 atom stereocenters. The molecule has 1 aromatic heterocycles. The van der Waals surface area contributed by atoms with Crippen molar-refractivity contribution in [2.24, 2.45) is 7.05 Å². The molecule has 2 amide bonds. The molecule has 132 valence electrons. The van der Waals surface area contributed by atoms with Crippen LogP contribution in [-0.2, 0) is 7.05 Å². The number of hydrogen-bond acceptors (Lipinski definition) is 3. The molecule has 6 nitrogen and oxygen atoms in total. The smallest absolute Gasteiger partial charge is 0.319 e. The average molecular weight is 398 g/mol. The summed E-state index contributed by atoms with van der Waals surface area (Å²) >= 11 is 3.45. The van der Waals surface area contributed by atoms with Crippen LogP contribution in [0, 0.1) is 0 Å². The second-order valence-electron chi connectivity index (χ2n) is 6.73. The Morgan fingerprint density at radius 3 is 2.54 bits per heavy atom. The van der Waals surface area contributed by atoms with Gasteiger partial charge < -0.3 is 19.1 Å². The molecule has 0 aromatic carbocycles. The van der Waals surface area contributed by atoms with Crippen LogP contribution >= 0.6 is 15.9 Å². The number of ether oxygens (including phenoxy) is 1. The molecule has 0 spiro atoms. The molecule has 1 aliphatic carbocycles. The van der Waals surface area contributed by atoms with E-state index in [1.807, 2.05) is 16.8 Å². The first-order valence-electron chi connectivity index (χ1n) is 8.50. The van der Waals surface area contributed by atoms with Crippen molar-refractivity contribution >= 4 is 22.0 Å². The highest BCUT2D eigenvalue weighted by atomic mass is 79.9. The highest BCUT2D eigenvalue weighted by Gasteiger charge is 2.33.